The molecule has 0 amide bonds. The van der Waals surface area contributed by atoms with E-state index >= 15 is 0 Å². The zero-order chi connectivity index (χ0) is 12.1. The number of dihydropyridines is 1. The highest BCUT2D eigenvalue weighted by Gasteiger charge is 2.13. The SMILES string of the molecule is N=C1C=CC(CO)=N/C1=C/NC1CCOCC1. The smallest absolute Gasteiger partial charge is 0.104 e. The maximum atomic E-state index is 9.00. The van der Waals surface area contributed by atoms with Crippen LogP contribution in [0, 0.1) is 5.41 Å². The molecule has 0 atom stereocenters. The summed E-state index contributed by atoms with van der Waals surface area (Å²) in [4.78, 5) is 4.19. The van der Waals surface area contributed by atoms with Gasteiger partial charge in [-0.1, -0.05) is 0 Å². The van der Waals surface area contributed by atoms with E-state index in [-0.39, 0.29) is 6.61 Å². The van der Waals surface area contributed by atoms with Gasteiger partial charge in [-0.25, -0.2) is 4.99 Å². The number of aliphatic hydroxyl groups is 1. The van der Waals surface area contributed by atoms with Gasteiger partial charge < -0.3 is 15.2 Å². The first kappa shape index (κ1) is 12.0. The first-order chi connectivity index (χ1) is 8.29. The zero-order valence-corrected chi connectivity index (χ0v) is 9.65. The van der Waals surface area contributed by atoms with Crippen LogP contribution in [0.5, 0.6) is 0 Å². The van der Waals surface area contributed by atoms with Crippen molar-refractivity contribution in [2.24, 2.45) is 4.99 Å². The highest BCUT2D eigenvalue weighted by atomic mass is 16.5. The molecule has 0 aromatic heterocycles. The molecule has 17 heavy (non-hydrogen) atoms. The lowest BCUT2D eigenvalue weighted by atomic mass is 10.1. The Morgan fingerprint density at radius 3 is 2.94 bits per heavy atom. The van der Waals surface area contributed by atoms with Crippen molar-refractivity contribution in [2.45, 2.75) is 18.9 Å². The molecule has 92 valence electrons. The molecule has 5 nitrogen and oxygen atoms in total. The molecule has 0 aromatic carbocycles. The number of ether oxygens (including phenoxy) is 1. The van der Waals surface area contributed by atoms with Crippen LogP contribution in [0.25, 0.3) is 0 Å². The van der Waals surface area contributed by atoms with E-state index in [4.69, 9.17) is 15.3 Å². The van der Waals surface area contributed by atoms with Crippen molar-refractivity contribution in [1.82, 2.24) is 5.32 Å². The van der Waals surface area contributed by atoms with Crippen LogP contribution >= 0.6 is 0 Å². The average Bonchev–Trinajstić information content (AvgIpc) is 2.39. The fourth-order valence-electron chi connectivity index (χ4n) is 1.78. The predicted octanol–water partition coefficient (Wildman–Crippen LogP) is 0.619. The third kappa shape index (κ3) is 3.25. The van der Waals surface area contributed by atoms with Crippen molar-refractivity contribution in [3.8, 4) is 0 Å². The normalized spacial score (nSPS) is 23.9. The van der Waals surface area contributed by atoms with E-state index in [9.17, 15) is 0 Å². The highest BCUT2D eigenvalue weighted by Crippen LogP contribution is 2.10. The van der Waals surface area contributed by atoms with Gasteiger partial charge in [0.2, 0.25) is 0 Å². The molecular weight excluding hydrogens is 218 g/mol. The van der Waals surface area contributed by atoms with E-state index in [0.29, 0.717) is 23.2 Å². The number of hydrogen-bond acceptors (Lipinski definition) is 5. The summed E-state index contributed by atoms with van der Waals surface area (Å²) in [6, 6.07) is 0.391. The molecule has 0 unspecified atom stereocenters. The third-order valence-corrected chi connectivity index (χ3v) is 2.82. The Bertz CT molecular complexity index is 379. The molecule has 5 heteroatoms. The summed E-state index contributed by atoms with van der Waals surface area (Å²) in [6.07, 6.45) is 7.02. The summed E-state index contributed by atoms with van der Waals surface area (Å²) >= 11 is 0. The average molecular weight is 235 g/mol. The molecule has 0 bridgehead atoms. The second-order valence-electron chi connectivity index (χ2n) is 4.09. The molecule has 1 fully saturated rings. The maximum Gasteiger partial charge on any atom is 0.104 e. The standard InChI is InChI=1S/C12H17N3O2/c13-11-2-1-10(8-16)15-12(11)7-14-9-3-5-17-6-4-9/h1-2,7,9,13-14,16H,3-6,8H2/b12-7+,13-11?. The molecule has 0 aliphatic carbocycles. The molecule has 0 spiro atoms. The van der Waals surface area contributed by atoms with Crippen molar-refractivity contribution < 1.29 is 9.84 Å². The van der Waals surface area contributed by atoms with E-state index in [1.165, 1.54) is 0 Å². The fraction of sp³-hybridized carbons (Fsp3) is 0.500. The van der Waals surface area contributed by atoms with Gasteiger partial charge >= 0.3 is 0 Å². The molecule has 2 aliphatic heterocycles. The lowest BCUT2D eigenvalue weighted by molar-refractivity contribution is 0.0812. The van der Waals surface area contributed by atoms with Gasteiger partial charge in [0.15, 0.2) is 0 Å². The van der Waals surface area contributed by atoms with Crippen LogP contribution in [0.15, 0.2) is 29.0 Å². The second-order valence-corrected chi connectivity index (χ2v) is 4.09. The van der Waals surface area contributed by atoms with Crippen LogP contribution in [-0.4, -0.2) is 42.4 Å². The van der Waals surface area contributed by atoms with E-state index < -0.39 is 0 Å². The Balaban J connectivity index is 1.97. The number of hydrogen-bond donors (Lipinski definition) is 3. The Morgan fingerprint density at radius 1 is 1.47 bits per heavy atom. The third-order valence-electron chi connectivity index (χ3n) is 2.82. The number of rotatable bonds is 3. The quantitative estimate of drug-likeness (QED) is 0.671. The summed E-state index contributed by atoms with van der Waals surface area (Å²) < 4.78 is 5.27. The highest BCUT2D eigenvalue weighted by molar-refractivity contribution is 6.15. The summed E-state index contributed by atoms with van der Waals surface area (Å²) in [5, 5.41) is 20.0. The van der Waals surface area contributed by atoms with Crippen LogP contribution in [0.2, 0.25) is 0 Å². The van der Waals surface area contributed by atoms with Gasteiger partial charge in [-0.2, -0.15) is 0 Å². The molecule has 0 radical (unpaired) electrons. The Kier molecular flexibility index (Phi) is 4.06. The second kappa shape index (κ2) is 5.75. The van der Waals surface area contributed by atoms with Crippen LogP contribution in [0.1, 0.15) is 12.8 Å². The molecule has 2 heterocycles. The predicted molar refractivity (Wildman–Crippen MR) is 66.4 cm³/mol. The molecule has 2 rings (SSSR count). The molecule has 2 aliphatic rings. The number of aliphatic imine (C=N–C) groups is 1. The minimum atomic E-state index is -0.0988. The first-order valence-corrected chi connectivity index (χ1v) is 5.79. The monoisotopic (exact) mass is 235 g/mol. The van der Waals surface area contributed by atoms with Crippen molar-refractivity contribution in [3.05, 3.63) is 24.0 Å². The van der Waals surface area contributed by atoms with Crippen molar-refractivity contribution >= 4 is 11.4 Å². The molecule has 1 saturated heterocycles. The van der Waals surface area contributed by atoms with E-state index in [2.05, 4.69) is 10.3 Å². The number of nitrogens with zero attached hydrogens (tertiary/aromatic N) is 1. The van der Waals surface area contributed by atoms with Gasteiger partial charge in [-0.05, 0) is 25.0 Å². The maximum absolute atomic E-state index is 9.00. The Labute approximate surface area is 100 Å². The molecular formula is C12H17N3O2. The van der Waals surface area contributed by atoms with Crippen LogP contribution in [-0.2, 0) is 4.74 Å². The van der Waals surface area contributed by atoms with Gasteiger partial charge in [0.1, 0.15) is 5.70 Å². The molecule has 0 aromatic rings. The van der Waals surface area contributed by atoms with Gasteiger partial charge in [-0.15, -0.1) is 0 Å². The van der Waals surface area contributed by atoms with Crippen LogP contribution in [0.3, 0.4) is 0 Å². The van der Waals surface area contributed by atoms with Gasteiger partial charge in [0.25, 0.3) is 0 Å². The first-order valence-electron chi connectivity index (χ1n) is 5.79. The minimum absolute atomic E-state index is 0.0988. The fourth-order valence-corrected chi connectivity index (χ4v) is 1.78. The van der Waals surface area contributed by atoms with Crippen LogP contribution in [0.4, 0.5) is 0 Å². The molecule has 3 N–H and O–H groups in total. The van der Waals surface area contributed by atoms with E-state index in [1.807, 2.05) is 0 Å². The molecule has 0 saturated carbocycles. The lowest BCUT2D eigenvalue weighted by Gasteiger charge is -2.22. The van der Waals surface area contributed by atoms with E-state index in [0.717, 1.165) is 26.1 Å². The van der Waals surface area contributed by atoms with Crippen molar-refractivity contribution in [3.63, 3.8) is 0 Å². The van der Waals surface area contributed by atoms with Crippen molar-refractivity contribution in [1.29, 1.82) is 5.41 Å². The topological polar surface area (TPSA) is 77.7 Å². The summed E-state index contributed by atoms with van der Waals surface area (Å²) in [6.45, 7) is 1.46. The van der Waals surface area contributed by atoms with Crippen LogP contribution < -0.4 is 5.32 Å². The Hall–Kier alpha value is -1.46. The Morgan fingerprint density at radius 2 is 2.24 bits per heavy atom. The summed E-state index contributed by atoms with van der Waals surface area (Å²) in [5.74, 6) is 0. The van der Waals surface area contributed by atoms with Crippen molar-refractivity contribution in [2.75, 3.05) is 19.8 Å². The number of allylic oxidation sites excluding steroid dienone is 1. The summed E-state index contributed by atoms with van der Waals surface area (Å²) in [5.41, 5.74) is 1.52. The largest absolute Gasteiger partial charge is 0.390 e. The number of aliphatic hydroxyl groups excluding tert-OH is 1. The lowest BCUT2D eigenvalue weighted by Crippen LogP contribution is -2.32. The zero-order valence-electron chi connectivity index (χ0n) is 9.65. The van der Waals surface area contributed by atoms with Gasteiger partial charge in [-0.3, -0.25) is 5.41 Å². The van der Waals surface area contributed by atoms with E-state index in [1.54, 1.807) is 18.4 Å². The van der Waals surface area contributed by atoms with Gasteiger partial charge in [0.05, 0.1) is 18.0 Å². The minimum Gasteiger partial charge on any atom is -0.390 e. The number of nitrogens with one attached hydrogen (secondary N) is 2. The van der Waals surface area contributed by atoms with Gasteiger partial charge in [0, 0.05) is 25.5 Å². The summed E-state index contributed by atoms with van der Waals surface area (Å²) in [7, 11) is 0.